The summed E-state index contributed by atoms with van der Waals surface area (Å²) in [5, 5.41) is 2.05. The van der Waals surface area contributed by atoms with Crippen molar-refractivity contribution in [2.75, 3.05) is 31.9 Å². The van der Waals surface area contributed by atoms with E-state index in [9.17, 15) is 0 Å². The minimum Gasteiger partial charge on any atom is -0.398 e. The summed E-state index contributed by atoms with van der Waals surface area (Å²) in [6, 6.07) is 23.0. The minimum atomic E-state index is 0. The molecule has 2 fully saturated rings. The molecule has 1 saturated heterocycles. The van der Waals surface area contributed by atoms with Crippen LogP contribution in [0.15, 0.2) is 79.3 Å². The molecule has 0 atom stereocenters. The molecule has 7 rings (SSSR count). The van der Waals surface area contributed by atoms with Crippen LogP contribution in [0, 0.1) is 13.0 Å². The van der Waals surface area contributed by atoms with E-state index in [1.54, 1.807) is 0 Å². The molecular formula is C34H35N6Y-. The summed E-state index contributed by atoms with van der Waals surface area (Å²) in [5.74, 6) is 0. The van der Waals surface area contributed by atoms with Gasteiger partial charge in [0.15, 0.2) is 0 Å². The van der Waals surface area contributed by atoms with Crippen LogP contribution in [0.4, 0.5) is 5.69 Å². The number of aromatic nitrogens is 3. The van der Waals surface area contributed by atoms with Crippen LogP contribution in [-0.4, -0.2) is 56.6 Å². The molecule has 5 aromatic rings. The van der Waals surface area contributed by atoms with Gasteiger partial charge in [0.25, 0.3) is 0 Å². The number of nitrogen functional groups attached to an aromatic ring is 1. The van der Waals surface area contributed by atoms with E-state index in [1.807, 2.05) is 36.5 Å². The number of pyridine rings is 2. The summed E-state index contributed by atoms with van der Waals surface area (Å²) in [4.78, 5) is 15.0. The number of piperazine rings is 1. The Morgan fingerprint density at radius 2 is 1.73 bits per heavy atom. The average Bonchev–Trinajstić information content (AvgIpc) is 3.33. The van der Waals surface area contributed by atoms with Gasteiger partial charge in [-0.1, -0.05) is 48.5 Å². The van der Waals surface area contributed by atoms with Gasteiger partial charge in [0.2, 0.25) is 0 Å². The first kappa shape index (κ1) is 28.1. The first-order valence-electron chi connectivity index (χ1n) is 14.3. The van der Waals surface area contributed by atoms with Crippen molar-refractivity contribution in [3.63, 3.8) is 0 Å². The number of hydrogen-bond donors (Lipinski definition) is 1. The monoisotopic (exact) mass is 616 g/mol. The first-order chi connectivity index (χ1) is 19.5. The molecule has 0 bridgehead atoms. The van der Waals surface area contributed by atoms with E-state index in [0.717, 1.165) is 94.6 Å². The van der Waals surface area contributed by atoms with E-state index in [4.69, 9.17) is 15.7 Å². The number of hydrogen-bond acceptors (Lipinski definition) is 5. The van der Waals surface area contributed by atoms with Crippen LogP contribution >= 0.6 is 0 Å². The van der Waals surface area contributed by atoms with Gasteiger partial charge in [0.05, 0.1) is 0 Å². The van der Waals surface area contributed by atoms with Crippen molar-refractivity contribution in [2.45, 2.75) is 38.8 Å². The third kappa shape index (κ3) is 5.00. The van der Waals surface area contributed by atoms with Crippen LogP contribution in [0.3, 0.4) is 0 Å². The van der Waals surface area contributed by atoms with Gasteiger partial charge in [-0.05, 0) is 55.1 Å². The number of nitrogens with two attached hydrogens (primary N) is 1. The van der Waals surface area contributed by atoms with E-state index < -0.39 is 0 Å². The molecule has 2 aliphatic rings. The normalized spacial score (nSPS) is 19.2. The van der Waals surface area contributed by atoms with Crippen LogP contribution < -0.4 is 5.73 Å². The van der Waals surface area contributed by atoms with Gasteiger partial charge in [0.1, 0.15) is 5.65 Å². The molecule has 41 heavy (non-hydrogen) atoms. The van der Waals surface area contributed by atoms with Gasteiger partial charge >= 0.3 is 0 Å². The summed E-state index contributed by atoms with van der Waals surface area (Å²) in [6.07, 6.45) is 6.40. The van der Waals surface area contributed by atoms with Crippen molar-refractivity contribution in [1.82, 2.24) is 24.3 Å². The van der Waals surface area contributed by atoms with Gasteiger partial charge in [-0.25, -0.2) is 4.98 Å². The molecule has 1 aliphatic heterocycles. The molecule has 1 aliphatic carbocycles. The minimum absolute atomic E-state index is 0. The molecule has 2 aromatic carbocycles. The molecule has 2 N–H and O–H groups in total. The average molecular weight is 617 g/mol. The standard InChI is InChI=1S/C34H35N6.Y/c1-22(2)38-15-17-39(18-16-38)26-19-27(20-26)40-21-29(32-30(35)13-14-36-34(32)40)28-11-9-25-10-12-31(37-33(25)23(28)3)24-7-5-4-6-8-24;/h4-9,11-14,21,26-27H,1,15-20H2,2-3H3,(H2,35,36);/q-1;. The van der Waals surface area contributed by atoms with Crippen LogP contribution in [0.2, 0.25) is 0 Å². The summed E-state index contributed by atoms with van der Waals surface area (Å²) in [7, 11) is 0. The van der Waals surface area contributed by atoms with Gasteiger partial charge < -0.3 is 20.2 Å². The van der Waals surface area contributed by atoms with Crippen LogP contribution in [-0.2, 0) is 32.7 Å². The van der Waals surface area contributed by atoms with E-state index in [2.05, 4.69) is 71.3 Å². The molecule has 1 radical (unpaired) electrons. The fourth-order valence-corrected chi connectivity index (χ4v) is 6.55. The van der Waals surface area contributed by atoms with Gasteiger partial charge in [0, 0.05) is 106 Å². The molecular weight excluding hydrogens is 581 g/mol. The Labute approximate surface area is 267 Å². The SMILES string of the molecule is C=C(C)N1CCN(C2CC(n3cc(-c4ccc5[c-]cc(-c6ccccc6)nc5c4C)c4c(N)ccnc43)C2)CC1.[Y]. The Morgan fingerprint density at radius 3 is 2.46 bits per heavy atom. The fraction of sp³-hybridized carbons (Fsp3) is 0.294. The topological polar surface area (TPSA) is 63.2 Å². The predicted octanol–water partition coefficient (Wildman–Crippen LogP) is 6.46. The van der Waals surface area contributed by atoms with E-state index in [-0.39, 0.29) is 32.7 Å². The second-order valence-electron chi connectivity index (χ2n) is 11.4. The van der Waals surface area contributed by atoms with Crippen molar-refractivity contribution in [1.29, 1.82) is 0 Å². The molecule has 6 nitrogen and oxygen atoms in total. The fourth-order valence-electron chi connectivity index (χ4n) is 6.55. The summed E-state index contributed by atoms with van der Waals surface area (Å²) >= 11 is 0. The quantitative estimate of drug-likeness (QED) is 0.230. The smallest absolute Gasteiger partial charge is 0.142 e. The maximum absolute atomic E-state index is 6.62. The zero-order valence-corrected chi connectivity index (χ0v) is 26.7. The number of anilines is 1. The Hall–Kier alpha value is -3.06. The van der Waals surface area contributed by atoms with E-state index >= 15 is 0 Å². The second kappa shape index (κ2) is 11.3. The number of rotatable bonds is 5. The predicted molar refractivity (Wildman–Crippen MR) is 164 cm³/mol. The Balaban J connectivity index is 0.00000302. The van der Waals surface area contributed by atoms with Crippen LogP contribution in [0.25, 0.3) is 44.3 Å². The Bertz CT molecular complexity index is 1730. The molecule has 3 aromatic heterocycles. The van der Waals surface area contributed by atoms with Crippen molar-refractivity contribution in [3.05, 3.63) is 90.9 Å². The number of fused-ring (bicyclic) bond motifs is 2. The van der Waals surface area contributed by atoms with E-state index in [1.165, 1.54) is 5.70 Å². The zero-order valence-electron chi connectivity index (χ0n) is 23.8. The van der Waals surface area contributed by atoms with Crippen molar-refractivity contribution in [3.8, 4) is 22.4 Å². The third-order valence-electron chi connectivity index (χ3n) is 8.98. The molecule has 0 unspecified atom stereocenters. The molecule has 0 amide bonds. The molecule has 205 valence electrons. The Morgan fingerprint density at radius 1 is 0.976 bits per heavy atom. The Kier molecular flexibility index (Phi) is 7.75. The number of nitrogens with zero attached hydrogens (tertiary/aromatic N) is 5. The second-order valence-corrected chi connectivity index (χ2v) is 11.4. The van der Waals surface area contributed by atoms with Crippen LogP contribution in [0.5, 0.6) is 0 Å². The van der Waals surface area contributed by atoms with Gasteiger partial charge in [-0.2, -0.15) is 0 Å². The maximum Gasteiger partial charge on any atom is 0.142 e. The van der Waals surface area contributed by atoms with Gasteiger partial charge in [-0.3, -0.25) is 4.90 Å². The summed E-state index contributed by atoms with van der Waals surface area (Å²) < 4.78 is 2.38. The van der Waals surface area contributed by atoms with Gasteiger partial charge in [-0.15, -0.1) is 23.6 Å². The largest absolute Gasteiger partial charge is 0.398 e. The van der Waals surface area contributed by atoms with E-state index in [0.29, 0.717) is 12.1 Å². The van der Waals surface area contributed by atoms with Crippen molar-refractivity contribution < 1.29 is 32.7 Å². The molecule has 0 spiro atoms. The number of allylic oxidation sites excluding steroid dienone is 1. The molecule has 4 heterocycles. The third-order valence-corrected chi connectivity index (χ3v) is 8.98. The summed E-state index contributed by atoms with van der Waals surface area (Å²) in [5.41, 5.74) is 15.9. The van der Waals surface area contributed by atoms with Crippen LogP contribution in [0.1, 0.15) is 31.4 Å². The number of aryl methyl sites for hydroxylation is 1. The summed E-state index contributed by atoms with van der Waals surface area (Å²) in [6.45, 7) is 12.8. The molecule has 1 saturated carbocycles. The zero-order chi connectivity index (χ0) is 27.4. The van der Waals surface area contributed by atoms with Crippen molar-refractivity contribution in [2.24, 2.45) is 0 Å². The van der Waals surface area contributed by atoms with Crippen molar-refractivity contribution >= 4 is 27.6 Å². The number of benzene rings is 2. The maximum atomic E-state index is 6.62. The first-order valence-corrected chi connectivity index (χ1v) is 14.3. The molecule has 7 heteroatoms.